The molecule has 0 radical (unpaired) electrons. The van der Waals surface area contributed by atoms with Crippen molar-refractivity contribution >= 4 is 0 Å². The number of benzene rings is 3. The number of hydrogen-bond acceptors (Lipinski definition) is 9. The third kappa shape index (κ3) is 7.11. The van der Waals surface area contributed by atoms with Crippen LogP contribution in [0.4, 0.5) is 0 Å². The summed E-state index contributed by atoms with van der Waals surface area (Å²) in [5, 5.41) is 61.7. The largest absolute Gasteiger partial charge is 0.507 e. The maximum atomic E-state index is 10.9. The lowest BCUT2D eigenvalue weighted by Crippen LogP contribution is -2.10. The third-order valence-corrected chi connectivity index (χ3v) is 6.91. The van der Waals surface area contributed by atoms with Crippen molar-refractivity contribution in [2.24, 2.45) is 0 Å². The van der Waals surface area contributed by atoms with Crippen molar-refractivity contribution < 1.29 is 44.8 Å². The molecule has 1 unspecified atom stereocenters. The lowest BCUT2D eigenvalue weighted by atomic mass is 9.80. The molecule has 3 rings (SSSR count). The number of phenols is 3. The van der Waals surface area contributed by atoms with Gasteiger partial charge in [-0.2, -0.15) is 0 Å². The molecule has 3 aromatic rings. The van der Waals surface area contributed by atoms with Gasteiger partial charge in [0.2, 0.25) is 0 Å². The maximum Gasteiger partial charge on any atom is 0.126 e. The van der Waals surface area contributed by atoms with Gasteiger partial charge in [0.25, 0.3) is 0 Å². The van der Waals surface area contributed by atoms with Crippen LogP contribution in [0.3, 0.4) is 0 Å². The van der Waals surface area contributed by atoms with E-state index in [4.69, 9.17) is 14.2 Å². The van der Waals surface area contributed by atoms with Crippen LogP contribution in [0.15, 0.2) is 36.4 Å². The monoisotopic (exact) mass is 556 g/mol. The molecule has 0 saturated heterocycles. The van der Waals surface area contributed by atoms with E-state index in [0.717, 1.165) is 16.7 Å². The van der Waals surface area contributed by atoms with Crippen molar-refractivity contribution in [2.45, 2.75) is 45.0 Å². The van der Waals surface area contributed by atoms with Crippen LogP contribution in [0.5, 0.6) is 17.2 Å². The first-order valence-electron chi connectivity index (χ1n) is 13.2. The molecule has 0 fully saturated rings. The summed E-state index contributed by atoms with van der Waals surface area (Å²) in [4.78, 5) is 0. The molecule has 6 N–H and O–H groups in total. The second-order valence-electron chi connectivity index (χ2n) is 9.72. The minimum atomic E-state index is -0.476. The van der Waals surface area contributed by atoms with E-state index in [2.05, 4.69) is 0 Å². The maximum absolute atomic E-state index is 10.9. The molecule has 0 aliphatic rings. The van der Waals surface area contributed by atoms with E-state index in [9.17, 15) is 30.6 Å². The average molecular weight is 557 g/mol. The van der Waals surface area contributed by atoms with E-state index in [1.54, 1.807) is 14.2 Å². The second kappa shape index (κ2) is 15.0. The Hall–Kier alpha value is -3.18. The van der Waals surface area contributed by atoms with Crippen molar-refractivity contribution in [2.75, 3.05) is 41.2 Å². The molecule has 9 nitrogen and oxygen atoms in total. The van der Waals surface area contributed by atoms with Gasteiger partial charge in [0.15, 0.2) is 0 Å². The third-order valence-electron chi connectivity index (χ3n) is 6.91. The van der Waals surface area contributed by atoms with Crippen LogP contribution in [-0.4, -0.2) is 71.8 Å². The molecule has 9 heteroatoms. The summed E-state index contributed by atoms with van der Waals surface area (Å²) < 4.78 is 16.1. The summed E-state index contributed by atoms with van der Waals surface area (Å²) in [6.45, 7) is -0.0510. The highest BCUT2D eigenvalue weighted by Crippen LogP contribution is 2.41. The van der Waals surface area contributed by atoms with Crippen LogP contribution in [0.2, 0.25) is 0 Å². The Morgan fingerprint density at radius 1 is 0.475 bits per heavy atom. The van der Waals surface area contributed by atoms with Gasteiger partial charge in [0, 0.05) is 63.8 Å². The first-order chi connectivity index (χ1) is 19.3. The van der Waals surface area contributed by atoms with Crippen LogP contribution in [0.1, 0.15) is 56.0 Å². The molecule has 0 heterocycles. The van der Waals surface area contributed by atoms with Gasteiger partial charge in [-0.25, -0.2) is 0 Å². The van der Waals surface area contributed by atoms with Crippen molar-refractivity contribution in [3.05, 3.63) is 86.5 Å². The molecular formula is C31H40O9. The van der Waals surface area contributed by atoms with E-state index < -0.39 is 5.92 Å². The van der Waals surface area contributed by atoms with Crippen molar-refractivity contribution in [3.63, 3.8) is 0 Å². The predicted molar refractivity (Wildman–Crippen MR) is 150 cm³/mol. The fourth-order valence-electron chi connectivity index (χ4n) is 5.17. The van der Waals surface area contributed by atoms with Gasteiger partial charge in [-0.3, -0.25) is 0 Å². The Balaban J connectivity index is 2.41. The molecule has 0 amide bonds. The normalized spacial score (nSPS) is 12.2. The van der Waals surface area contributed by atoms with Gasteiger partial charge in [-0.1, -0.05) is 18.2 Å². The van der Waals surface area contributed by atoms with Crippen LogP contribution >= 0.6 is 0 Å². The molecule has 0 aromatic heterocycles. The van der Waals surface area contributed by atoms with Gasteiger partial charge in [-0.15, -0.1) is 0 Å². The van der Waals surface area contributed by atoms with Gasteiger partial charge >= 0.3 is 0 Å². The van der Waals surface area contributed by atoms with Gasteiger partial charge in [0.05, 0.1) is 19.8 Å². The number of phenolic OH excluding ortho intramolecular Hbond substituents is 3. The molecule has 0 aliphatic carbocycles. The summed E-state index contributed by atoms with van der Waals surface area (Å²) >= 11 is 0. The van der Waals surface area contributed by atoms with Gasteiger partial charge < -0.3 is 44.8 Å². The first-order valence-corrected chi connectivity index (χ1v) is 13.2. The SMILES string of the molecule is COCc1cc(C(c2cc(CCO)c(O)c(CCO)c2)c2cc(COC)c(O)c(COC)c2)cc(CCO)c1O. The fourth-order valence-corrected chi connectivity index (χ4v) is 5.17. The standard InChI is InChI=1S/C31H40O9/c1-38-16-25-13-23(12-21(6-9-34)30(25)36)28(22-10-19(4-7-32)29(35)20(11-22)5-8-33)24-14-26(17-39-2)31(37)27(15-24)18-40-3/h10-15,28,32-37H,4-9,16-18H2,1-3H3. The highest BCUT2D eigenvalue weighted by atomic mass is 16.5. The van der Waals surface area contributed by atoms with E-state index in [1.165, 1.54) is 7.11 Å². The molecule has 40 heavy (non-hydrogen) atoms. The van der Waals surface area contributed by atoms with E-state index in [-0.39, 0.29) is 76.2 Å². The topological polar surface area (TPSA) is 149 Å². The van der Waals surface area contributed by atoms with Crippen LogP contribution in [0, 0.1) is 0 Å². The quantitative estimate of drug-likeness (QED) is 0.155. The highest BCUT2D eigenvalue weighted by molar-refractivity contribution is 5.56. The molecular weight excluding hydrogens is 516 g/mol. The predicted octanol–water partition coefficient (Wildman–Crippen LogP) is 3.03. The molecule has 218 valence electrons. The number of ether oxygens (including phenoxy) is 3. The molecule has 0 spiro atoms. The zero-order chi connectivity index (χ0) is 29.2. The van der Waals surface area contributed by atoms with Gasteiger partial charge in [-0.05, 0) is 70.8 Å². The number of aromatic hydroxyl groups is 3. The van der Waals surface area contributed by atoms with E-state index in [0.29, 0.717) is 33.4 Å². The Morgan fingerprint density at radius 2 is 0.725 bits per heavy atom. The number of aliphatic hydroxyl groups is 3. The Kier molecular flexibility index (Phi) is 11.8. The number of aliphatic hydroxyl groups excluding tert-OH is 3. The van der Waals surface area contributed by atoms with Crippen molar-refractivity contribution in [1.29, 1.82) is 0 Å². The number of rotatable bonds is 15. The smallest absolute Gasteiger partial charge is 0.126 e. The molecule has 3 aromatic carbocycles. The van der Waals surface area contributed by atoms with Gasteiger partial charge in [0.1, 0.15) is 17.2 Å². The Bertz CT molecular complexity index is 1030. The van der Waals surface area contributed by atoms with Crippen LogP contribution < -0.4 is 0 Å². The summed E-state index contributed by atoms with van der Waals surface area (Å²) in [5.74, 6) is -0.318. The number of hydrogen-bond donors (Lipinski definition) is 6. The zero-order valence-corrected chi connectivity index (χ0v) is 23.3. The Labute approximate surface area is 234 Å². The lowest BCUT2D eigenvalue weighted by molar-refractivity contribution is 0.174. The van der Waals surface area contributed by atoms with Crippen molar-refractivity contribution in [1.82, 2.24) is 0 Å². The van der Waals surface area contributed by atoms with E-state index >= 15 is 0 Å². The van der Waals surface area contributed by atoms with E-state index in [1.807, 2.05) is 36.4 Å². The molecule has 1 atom stereocenters. The van der Waals surface area contributed by atoms with Crippen LogP contribution in [0.25, 0.3) is 0 Å². The first kappa shape index (κ1) is 31.3. The summed E-state index contributed by atoms with van der Waals surface area (Å²) in [7, 11) is 4.62. The number of methoxy groups -OCH3 is 3. The van der Waals surface area contributed by atoms with Crippen molar-refractivity contribution in [3.8, 4) is 17.2 Å². The average Bonchev–Trinajstić information content (AvgIpc) is 2.92. The lowest BCUT2D eigenvalue weighted by Gasteiger charge is -2.25. The zero-order valence-electron chi connectivity index (χ0n) is 23.3. The molecule has 0 saturated carbocycles. The molecule has 0 bridgehead atoms. The summed E-state index contributed by atoms with van der Waals surface area (Å²) in [5.41, 5.74) is 5.63. The summed E-state index contributed by atoms with van der Waals surface area (Å²) in [6, 6.07) is 11.0. The molecule has 0 aliphatic heterocycles. The second-order valence-corrected chi connectivity index (χ2v) is 9.72. The minimum absolute atomic E-state index is 0.0307. The van der Waals surface area contributed by atoms with Crippen LogP contribution in [-0.2, 0) is 53.3 Å². The fraction of sp³-hybridized carbons (Fsp3) is 0.419. The summed E-state index contributed by atoms with van der Waals surface area (Å²) in [6.07, 6.45) is 0.651. The Morgan fingerprint density at radius 3 is 1.00 bits per heavy atom. The minimum Gasteiger partial charge on any atom is -0.507 e. The highest BCUT2D eigenvalue weighted by Gasteiger charge is 2.25.